The van der Waals surface area contributed by atoms with Crippen molar-refractivity contribution in [2.75, 3.05) is 33.7 Å². The highest BCUT2D eigenvalue weighted by molar-refractivity contribution is 5.93. The Kier molecular flexibility index (Phi) is 6.65. The van der Waals surface area contributed by atoms with Crippen LogP contribution in [-0.2, 0) is 5.54 Å². The summed E-state index contributed by atoms with van der Waals surface area (Å²) in [6.07, 6.45) is 9.23. The van der Waals surface area contributed by atoms with Crippen LogP contribution in [0.1, 0.15) is 43.2 Å². The van der Waals surface area contributed by atoms with Crippen LogP contribution in [-0.4, -0.2) is 54.5 Å². The number of H-pyrrole nitrogens is 1. The summed E-state index contributed by atoms with van der Waals surface area (Å²) in [4.78, 5) is 20.3. The zero-order valence-corrected chi connectivity index (χ0v) is 20.7. The molecule has 1 aliphatic heterocycles. The first kappa shape index (κ1) is 23.6. The summed E-state index contributed by atoms with van der Waals surface area (Å²) in [7, 11) is 4.36. The van der Waals surface area contributed by atoms with Crippen LogP contribution in [0.25, 0.3) is 16.5 Å². The highest BCUT2D eigenvalue weighted by atomic mass is 19.1. The normalized spacial score (nSPS) is 22.9. The number of fused-ring (bicyclic) bond motifs is 1. The summed E-state index contributed by atoms with van der Waals surface area (Å²) in [5, 5.41) is 4.09. The Bertz CT molecular complexity index is 1210. The first-order valence-electron chi connectivity index (χ1n) is 12.7. The molecule has 2 heterocycles. The summed E-state index contributed by atoms with van der Waals surface area (Å²) >= 11 is 0. The molecular weight excluding hydrogens is 439 g/mol. The predicted octanol–water partition coefficient (Wildman–Crippen LogP) is 5.75. The van der Waals surface area contributed by atoms with Crippen molar-refractivity contribution >= 4 is 22.5 Å². The lowest BCUT2D eigenvalue weighted by molar-refractivity contribution is 0.0771. The van der Waals surface area contributed by atoms with Gasteiger partial charge in [-0.05, 0) is 81.5 Å². The van der Waals surface area contributed by atoms with Crippen LogP contribution in [0.2, 0.25) is 0 Å². The topological polar surface area (TPSA) is 51.4 Å². The molecule has 0 bridgehead atoms. The number of nitrogens with one attached hydrogen (secondary N) is 2. The predicted molar refractivity (Wildman–Crippen MR) is 140 cm³/mol. The zero-order valence-electron chi connectivity index (χ0n) is 20.7. The number of hydrogen-bond acceptors (Lipinski definition) is 2. The minimum atomic E-state index is -0.231. The average Bonchev–Trinajstić information content (AvgIpc) is 3.31. The van der Waals surface area contributed by atoms with Gasteiger partial charge in [0.2, 0.25) is 0 Å². The Hall–Kier alpha value is -3.12. The van der Waals surface area contributed by atoms with E-state index in [1.165, 1.54) is 17.2 Å². The number of aromatic nitrogens is 1. The summed E-state index contributed by atoms with van der Waals surface area (Å²) in [5.74, 6) is 0.276. The lowest BCUT2D eigenvalue weighted by Crippen LogP contribution is -2.47. The molecule has 2 aliphatic rings. The summed E-state index contributed by atoms with van der Waals surface area (Å²) in [5.41, 5.74) is 4.60. The largest absolute Gasteiger partial charge is 0.361 e. The van der Waals surface area contributed by atoms with Crippen molar-refractivity contribution in [2.45, 2.75) is 37.6 Å². The van der Waals surface area contributed by atoms with E-state index < -0.39 is 0 Å². The van der Waals surface area contributed by atoms with Gasteiger partial charge < -0.3 is 15.2 Å². The first-order chi connectivity index (χ1) is 17.0. The van der Waals surface area contributed by atoms with Gasteiger partial charge in [-0.2, -0.15) is 0 Å². The quantitative estimate of drug-likeness (QED) is 0.495. The van der Waals surface area contributed by atoms with Crippen LogP contribution >= 0.6 is 0 Å². The van der Waals surface area contributed by atoms with Gasteiger partial charge in [-0.3, -0.25) is 4.90 Å². The van der Waals surface area contributed by atoms with Crippen LogP contribution in [0.5, 0.6) is 0 Å². The third kappa shape index (κ3) is 4.72. The molecule has 5 nitrogen and oxygen atoms in total. The third-order valence-corrected chi connectivity index (χ3v) is 8.13. The molecule has 0 saturated heterocycles. The maximum absolute atomic E-state index is 13.7. The van der Waals surface area contributed by atoms with Gasteiger partial charge in [-0.25, -0.2) is 9.18 Å². The lowest BCUT2D eigenvalue weighted by atomic mass is 9.72. The monoisotopic (exact) mass is 474 g/mol. The van der Waals surface area contributed by atoms with Crippen LogP contribution in [0.4, 0.5) is 9.18 Å². The van der Waals surface area contributed by atoms with Crippen molar-refractivity contribution in [3.05, 3.63) is 77.7 Å². The second-order valence-corrected chi connectivity index (χ2v) is 10.2. The van der Waals surface area contributed by atoms with Gasteiger partial charge in [-0.15, -0.1) is 0 Å². The number of hydrogen-bond donors (Lipinski definition) is 2. The van der Waals surface area contributed by atoms with Crippen molar-refractivity contribution in [2.24, 2.45) is 5.92 Å². The highest BCUT2D eigenvalue weighted by Gasteiger charge is 2.38. The molecule has 6 heteroatoms. The Labute approximate surface area is 207 Å². The fourth-order valence-corrected chi connectivity index (χ4v) is 5.90. The second kappa shape index (κ2) is 9.86. The molecule has 3 aromatic rings. The lowest BCUT2D eigenvalue weighted by Gasteiger charge is -2.45. The summed E-state index contributed by atoms with van der Waals surface area (Å²) in [6, 6.07) is 15.6. The number of amides is 2. The highest BCUT2D eigenvalue weighted by Crippen LogP contribution is 2.42. The standard InChI is InChI=1S/C29H35FN4O/c1-33(2)29(23-6-4-3-5-7-23)14-10-21(11-15-29)19-32-28(35)34-16-12-22(13-17-34)26-20-31-27-9-8-24(30)18-25(26)27/h3-9,12,18,20-21,31H,10-11,13-17,19H2,1-2H3,(H,32,35). The number of benzene rings is 2. The van der Waals surface area contributed by atoms with E-state index in [2.05, 4.69) is 65.7 Å². The van der Waals surface area contributed by atoms with Gasteiger partial charge in [-0.1, -0.05) is 36.4 Å². The molecule has 2 aromatic carbocycles. The van der Waals surface area contributed by atoms with Crippen molar-refractivity contribution in [1.82, 2.24) is 20.1 Å². The fraction of sp³-hybridized carbons (Fsp3) is 0.414. The molecule has 2 amide bonds. The molecule has 1 aliphatic carbocycles. The second-order valence-electron chi connectivity index (χ2n) is 10.2. The van der Waals surface area contributed by atoms with Crippen molar-refractivity contribution < 1.29 is 9.18 Å². The zero-order chi connectivity index (χ0) is 24.4. The maximum Gasteiger partial charge on any atom is 0.317 e. The van der Waals surface area contributed by atoms with E-state index >= 15 is 0 Å². The molecule has 1 fully saturated rings. The van der Waals surface area contributed by atoms with Gasteiger partial charge in [0.15, 0.2) is 0 Å². The smallest absolute Gasteiger partial charge is 0.317 e. The first-order valence-corrected chi connectivity index (χ1v) is 12.7. The minimum Gasteiger partial charge on any atom is -0.361 e. The van der Waals surface area contributed by atoms with Crippen LogP contribution in [0.15, 0.2) is 60.8 Å². The Balaban J connectivity index is 1.15. The molecular formula is C29H35FN4O. The average molecular weight is 475 g/mol. The van der Waals surface area contributed by atoms with Gasteiger partial charge in [0.25, 0.3) is 0 Å². The van der Waals surface area contributed by atoms with E-state index in [9.17, 15) is 9.18 Å². The molecule has 5 rings (SSSR count). The van der Waals surface area contributed by atoms with Gasteiger partial charge in [0.1, 0.15) is 5.82 Å². The summed E-state index contributed by atoms with van der Waals surface area (Å²) < 4.78 is 13.7. The maximum atomic E-state index is 13.7. The minimum absolute atomic E-state index is 0.0118. The summed E-state index contributed by atoms with van der Waals surface area (Å²) in [6.45, 7) is 1.97. The van der Waals surface area contributed by atoms with E-state index in [1.54, 1.807) is 12.1 Å². The van der Waals surface area contributed by atoms with E-state index in [-0.39, 0.29) is 17.4 Å². The van der Waals surface area contributed by atoms with Crippen molar-refractivity contribution in [3.8, 4) is 0 Å². The Morgan fingerprint density at radius 1 is 1.17 bits per heavy atom. The van der Waals surface area contributed by atoms with Gasteiger partial charge >= 0.3 is 6.03 Å². The number of urea groups is 1. The SMILES string of the molecule is CN(C)C1(c2ccccc2)CCC(CNC(=O)N2CC=C(c3c[nH]c4ccc(F)cc34)CC2)CC1. The van der Waals surface area contributed by atoms with Gasteiger partial charge in [0.05, 0.1) is 0 Å². The number of carbonyl (C=O) groups excluding carboxylic acids is 1. The number of carbonyl (C=O) groups is 1. The Morgan fingerprint density at radius 3 is 2.63 bits per heavy atom. The van der Waals surface area contributed by atoms with Crippen molar-refractivity contribution in [3.63, 3.8) is 0 Å². The molecule has 0 unspecified atom stereocenters. The number of halogens is 1. The van der Waals surface area contributed by atoms with Crippen LogP contribution in [0.3, 0.4) is 0 Å². The van der Waals surface area contributed by atoms with E-state index in [4.69, 9.17) is 0 Å². The van der Waals surface area contributed by atoms with Crippen LogP contribution in [0, 0.1) is 11.7 Å². The third-order valence-electron chi connectivity index (χ3n) is 8.13. The molecule has 35 heavy (non-hydrogen) atoms. The van der Waals surface area contributed by atoms with E-state index in [0.717, 1.165) is 55.1 Å². The molecule has 1 aromatic heterocycles. The number of nitrogens with zero attached hydrogens (tertiary/aromatic N) is 2. The number of rotatable bonds is 5. The Morgan fingerprint density at radius 2 is 1.94 bits per heavy atom. The molecule has 184 valence electrons. The molecule has 0 atom stereocenters. The van der Waals surface area contributed by atoms with Crippen molar-refractivity contribution in [1.29, 1.82) is 0 Å². The molecule has 0 spiro atoms. The molecule has 2 N–H and O–H groups in total. The van der Waals surface area contributed by atoms with E-state index in [1.807, 2.05) is 11.1 Å². The van der Waals surface area contributed by atoms with Gasteiger partial charge in [0, 0.05) is 47.8 Å². The van der Waals surface area contributed by atoms with E-state index in [0.29, 0.717) is 19.0 Å². The number of aromatic amines is 1. The molecule has 1 saturated carbocycles. The fourth-order valence-electron chi connectivity index (χ4n) is 5.90. The molecule has 0 radical (unpaired) electrons. The van der Waals surface area contributed by atoms with Crippen LogP contribution < -0.4 is 5.32 Å².